The van der Waals surface area contributed by atoms with Crippen LogP contribution >= 0.6 is 23.4 Å². The molecule has 0 radical (unpaired) electrons. The molecule has 0 aromatic heterocycles. The fourth-order valence-corrected chi connectivity index (χ4v) is 4.35. The van der Waals surface area contributed by atoms with E-state index in [0.717, 1.165) is 16.7 Å². The Morgan fingerprint density at radius 2 is 1.87 bits per heavy atom. The van der Waals surface area contributed by atoms with Gasteiger partial charge in [-0.25, -0.2) is 0 Å². The minimum atomic E-state index is -0.488. The Bertz CT molecular complexity index is 872. The first-order valence-corrected chi connectivity index (χ1v) is 12.3. The highest BCUT2D eigenvalue weighted by Crippen LogP contribution is 2.20. The van der Waals surface area contributed by atoms with Gasteiger partial charge in [0.05, 0.1) is 5.75 Å². The fourth-order valence-electron chi connectivity index (χ4n) is 3.28. The van der Waals surface area contributed by atoms with E-state index in [9.17, 15) is 9.59 Å². The van der Waals surface area contributed by atoms with Gasteiger partial charge in [0.15, 0.2) is 0 Å². The van der Waals surface area contributed by atoms with Crippen LogP contribution in [-0.4, -0.2) is 35.1 Å². The molecule has 0 saturated carbocycles. The number of rotatable bonds is 11. The molecule has 6 heteroatoms. The molecule has 2 aromatic rings. The van der Waals surface area contributed by atoms with Gasteiger partial charge in [0.1, 0.15) is 6.04 Å². The number of hydrogen-bond acceptors (Lipinski definition) is 3. The highest BCUT2D eigenvalue weighted by molar-refractivity contribution is 7.99. The lowest BCUT2D eigenvalue weighted by Crippen LogP contribution is -2.50. The van der Waals surface area contributed by atoms with E-state index in [1.54, 1.807) is 16.7 Å². The average Bonchev–Trinajstić information content (AvgIpc) is 2.73. The summed E-state index contributed by atoms with van der Waals surface area (Å²) in [5.41, 5.74) is 3.26. The highest BCUT2D eigenvalue weighted by atomic mass is 35.5. The van der Waals surface area contributed by atoms with Crippen molar-refractivity contribution in [1.29, 1.82) is 0 Å². The van der Waals surface area contributed by atoms with Gasteiger partial charge in [-0.3, -0.25) is 9.59 Å². The molecule has 2 aromatic carbocycles. The molecule has 0 aliphatic heterocycles. The second-order valence-corrected chi connectivity index (χ2v) is 9.56. The van der Waals surface area contributed by atoms with Crippen molar-refractivity contribution in [2.45, 2.75) is 52.5 Å². The van der Waals surface area contributed by atoms with Crippen LogP contribution in [0.4, 0.5) is 0 Å². The number of carbonyl (C=O) groups is 2. The summed E-state index contributed by atoms with van der Waals surface area (Å²) < 4.78 is 0. The lowest BCUT2D eigenvalue weighted by molar-refractivity contribution is -0.139. The minimum Gasteiger partial charge on any atom is -0.354 e. The predicted molar refractivity (Wildman–Crippen MR) is 131 cm³/mol. The van der Waals surface area contributed by atoms with Crippen LogP contribution in [0.3, 0.4) is 0 Å². The van der Waals surface area contributed by atoms with Crippen molar-refractivity contribution in [2.24, 2.45) is 5.92 Å². The Hall–Kier alpha value is -1.98. The Balaban J connectivity index is 2.13. The molecule has 0 aliphatic rings. The Kier molecular flexibility index (Phi) is 10.4. The summed E-state index contributed by atoms with van der Waals surface area (Å²) in [6, 6.07) is 15.2. The average molecular weight is 461 g/mol. The predicted octanol–water partition coefficient (Wildman–Crippen LogP) is 5.46. The van der Waals surface area contributed by atoms with Crippen LogP contribution in [0, 0.1) is 12.8 Å². The highest BCUT2D eigenvalue weighted by Gasteiger charge is 2.28. The smallest absolute Gasteiger partial charge is 0.242 e. The van der Waals surface area contributed by atoms with Gasteiger partial charge in [0, 0.05) is 23.9 Å². The van der Waals surface area contributed by atoms with Crippen LogP contribution in [-0.2, 0) is 21.9 Å². The molecule has 31 heavy (non-hydrogen) atoms. The number of nitrogens with zero attached hydrogens (tertiary/aromatic N) is 1. The van der Waals surface area contributed by atoms with Crippen LogP contribution in [0.2, 0.25) is 5.02 Å². The number of amides is 2. The van der Waals surface area contributed by atoms with Crippen LogP contribution in [0.5, 0.6) is 0 Å². The topological polar surface area (TPSA) is 49.4 Å². The largest absolute Gasteiger partial charge is 0.354 e. The molecule has 2 amide bonds. The van der Waals surface area contributed by atoms with E-state index >= 15 is 0 Å². The molecule has 0 heterocycles. The van der Waals surface area contributed by atoms with Gasteiger partial charge >= 0.3 is 0 Å². The third-order valence-electron chi connectivity index (χ3n) is 5.06. The molecule has 2 rings (SSSR count). The molecule has 1 N–H and O–H groups in total. The molecular formula is C25H33ClN2O2S. The SMILES string of the molecule is CC[C@@H](C(=O)NCC(C)C)N(Cc1ccccc1C)C(=O)CSCc1cccc(Cl)c1. The molecule has 0 unspecified atom stereocenters. The van der Waals surface area contributed by atoms with Crippen molar-refractivity contribution in [1.82, 2.24) is 10.2 Å². The van der Waals surface area contributed by atoms with Crippen molar-refractivity contribution in [2.75, 3.05) is 12.3 Å². The Labute approximate surface area is 195 Å². The number of aryl methyl sites for hydroxylation is 1. The molecule has 0 spiro atoms. The standard InChI is InChI=1S/C25H33ClN2O2S/c1-5-23(25(30)27-14-18(2)3)28(15-21-11-7-6-9-19(21)4)24(29)17-31-16-20-10-8-12-22(26)13-20/h6-13,18,23H,5,14-17H2,1-4H3,(H,27,30)/t23-/m0/s1. The maximum absolute atomic E-state index is 13.3. The monoisotopic (exact) mass is 460 g/mol. The molecular weight excluding hydrogens is 428 g/mol. The van der Waals surface area contributed by atoms with Gasteiger partial charge in [-0.05, 0) is 48.1 Å². The van der Waals surface area contributed by atoms with E-state index in [4.69, 9.17) is 11.6 Å². The zero-order chi connectivity index (χ0) is 22.8. The van der Waals surface area contributed by atoms with Crippen molar-refractivity contribution >= 4 is 35.2 Å². The van der Waals surface area contributed by atoms with E-state index in [1.807, 2.05) is 62.4 Å². The Morgan fingerprint density at radius 1 is 1.13 bits per heavy atom. The Morgan fingerprint density at radius 3 is 2.52 bits per heavy atom. The number of hydrogen-bond donors (Lipinski definition) is 1. The van der Waals surface area contributed by atoms with E-state index in [1.165, 1.54) is 0 Å². The number of halogens is 1. The minimum absolute atomic E-state index is 0.0261. The summed E-state index contributed by atoms with van der Waals surface area (Å²) in [5.74, 6) is 1.25. The van der Waals surface area contributed by atoms with Crippen molar-refractivity contribution in [3.8, 4) is 0 Å². The summed E-state index contributed by atoms with van der Waals surface area (Å²) in [6.45, 7) is 9.14. The summed E-state index contributed by atoms with van der Waals surface area (Å²) in [6.07, 6.45) is 0.570. The third kappa shape index (κ3) is 8.23. The molecule has 0 bridgehead atoms. The van der Waals surface area contributed by atoms with Gasteiger partial charge in [-0.1, -0.05) is 68.8 Å². The molecule has 168 valence electrons. The lowest BCUT2D eigenvalue weighted by Gasteiger charge is -2.31. The third-order valence-corrected chi connectivity index (χ3v) is 6.28. The van der Waals surface area contributed by atoms with Crippen LogP contribution in [0.25, 0.3) is 0 Å². The number of carbonyl (C=O) groups excluding carboxylic acids is 2. The van der Waals surface area contributed by atoms with Gasteiger partial charge in [0.25, 0.3) is 0 Å². The summed E-state index contributed by atoms with van der Waals surface area (Å²) >= 11 is 7.60. The van der Waals surface area contributed by atoms with Gasteiger partial charge < -0.3 is 10.2 Å². The molecule has 4 nitrogen and oxygen atoms in total. The van der Waals surface area contributed by atoms with Crippen molar-refractivity contribution < 1.29 is 9.59 Å². The normalized spacial score (nSPS) is 11.9. The van der Waals surface area contributed by atoms with Gasteiger partial charge in [-0.2, -0.15) is 0 Å². The van der Waals surface area contributed by atoms with Gasteiger partial charge in [0.2, 0.25) is 11.8 Å². The first-order valence-electron chi connectivity index (χ1n) is 10.8. The number of thioether (sulfide) groups is 1. The quantitative estimate of drug-likeness (QED) is 0.484. The van der Waals surface area contributed by atoms with E-state index < -0.39 is 6.04 Å². The molecule has 1 atom stereocenters. The summed E-state index contributed by atoms with van der Waals surface area (Å²) in [5, 5.41) is 3.70. The lowest BCUT2D eigenvalue weighted by atomic mass is 10.1. The molecule has 0 fully saturated rings. The first kappa shape index (κ1) is 25.3. The van der Waals surface area contributed by atoms with Crippen LogP contribution in [0.1, 0.15) is 43.9 Å². The number of benzene rings is 2. The van der Waals surface area contributed by atoms with E-state index in [2.05, 4.69) is 19.2 Å². The van der Waals surface area contributed by atoms with Crippen molar-refractivity contribution in [3.05, 3.63) is 70.2 Å². The van der Waals surface area contributed by atoms with E-state index in [0.29, 0.717) is 42.0 Å². The van der Waals surface area contributed by atoms with Crippen molar-refractivity contribution in [3.63, 3.8) is 0 Å². The summed E-state index contributed by atoms with van der Waals surface area (Å²) in [4.78, 5) is 27.9. The summed E-state index contributed by atoms with van der Waals surface area (Å²) in [7, 11) is 0. The van der Waals surface area contributed by atoms with Gasteiger partial charge in [-0.15, -0.1) is 11.8 Å². The molecule has 0 aliphatic carbocycles. The number of nitrogens with one attached hydrogen (secondary N) is 1. The zero-order valence-corrected chi connectivity index (χ0v) is 20.4. The second kappa shape index (κ2) is 12.8. The second-order valence-electron chi connectivity index (χ2n) is 8.13. The maximum Gasteiger partial charge on any atom is 0.242 e. The van der Waals surface area contributed by atoms with Crippen LogP contribution in [0.15, 0.2) is 48.5 Å². The maximum atomic E-state index is 13.3. The fraction of sp³-hybridized carbons (Fsp3) is 0.440. The van der Waals surface area contributed by atoms with E-state index in [-0.39, 0.29) is 11.8 Å². The van der Waals surface area contributed by atoms with Crippen LogP contribution < -0.4 is 5.32 Å². The zero-order valence-electron chi connectivity index (χ0n) is 18.9. The molecule has 0 saturated heterocycles. The first-order chi connectivity index (χ1) is 14.8.